The lowest BCUT2D eigenvalue weighted by atomic mass is 10.3. The highest BCUT2D eigenvalue weighted by molar-refractivity contribution is 8.00. The number of hydrogen-bond acceptors (Lipinski definition) is 4. The number of carbonyl (C=O) groups excluding carboxylic acids is 2. The molecule has 1 fully saturated rings. The quantitative estimate of drug-likeness (QED) is 0.623. The second-order valence-corrected chi connectivity index (χ2v) is 4.55. The molecule has 5 heteroatoms. The van der Waals surface area contributed by atoms with E-state index in [1.807, 2.05) is 6.92 Å². The van der Waals surface area contributed by atoms with Crippen LogP contribution in [0.5, 0.6) is 0 Å². The molecular weight excluding hydrogens is 188 g/mol. The third-order valence-electron chi connectivity index (χ3n) is 1.82. The fourth-order valence-electron chi connectivity index (χ4n) is 1.06. The van der Waals surface area contributed by atoms with Gasteiger partial charge in [0.15, 0.2) is 0 Å². The maximum atomic E-state index is 11.1. The fourth-order valence-corrected chi connectivity index (χ4v) is 2.33. The number of thioether (sulfide) groups is 1. The number of rotatable bonds is 4. The predicted molar refractivity (Wildman–Crippen MR) is 52.3 cm³/mol. The summed E-state index contributed by atoms with van der Waals surface area (Å²) in [5, 5.41) is 2.09. The van der Waals surface area contributed by atoms with Gasteiger partial charge in [0.1, 0.15) is 0 Å². The average molecular weight is 202 g/mol. The summed E-state index contributed by atoms with van der Waals surface area (Å²) in [5.41, 5.74) is 5.56. The van der Waals surface area contributed by atoms with Crippen LogP contribution in [0.3, 0.4) is 0 Å². The molecule has 2 unspecified atom stereocenters. The molecule has 0 bridgehead atoms. The average Bonchev–Trinajstić information content (AvgIpc) is 2.29. The smallest absolute Gasteiger partial charge is 0.240 e. The summed E-state index contributed by atoms with van der Waals surface area (Å²) in [4.78, 5) is 21.9. The van der Waals surface area contributed by atoms with Crippen LogP contribution < -0.4 is 11.1 Å². The van der Waals surface area contributed by atoms with Gasteiger partial charge >= 0.3 is 0 Å². The molecule has 13 heavy (non-hydrogen) atoms. The van der Waals surface area contributed by atoms with Gasteiger partial charge in [0.05, 0.1) is 5.25 Å². The van der Waals surface area contributed by atoms with Crippen molar-refractivity contribution in [2.45, 2.75) is 31.1 Å². The van der Waals surface area contributed by atoms with E-state index in [9.17, 15) is 9.59 Å². The van der Waals surface area contributed by atoms with E-state index in [2.05, 4.69) is 5.32 Å². The minimum Gasteiger partial charge on any atom is -0.328 e. The first-order chi connectivity index (χ1) is 6.09. The van der Waals surface area contributed by atoms with E-state index >= 15 is 0 Å². The molecule has 4 nitrogen and oxygen atoms in total. The van der Waals surface area contributed by atoms with E-state index in [1.165, 1.54) is 11.8 Å². The highest BCUT2D eigenvalue weighted by atomic mass is 32.2. The number of imide groups is 1. The zero-order valence-corrected chi connectivity index (χ0v) is 8.39. The minimum atomic E-state index is -0.189. The Labute approximate surface area is 81.6 Å². The monoisotopic (exact) mass is 202 g/mol. The summed E-state index contributed by atoms with van der Waals surface area (Å²) in [6.07, 6.45) is 1.20. The molecule has 0 radical (unpaired) electrons. The Hall–Kier alpha value is -0.550. The van der Waals surface area contributed by atoms with E-state index in [0.717, 1.165) is 12.2 Å². The van der Waals surface area contributed by atoms with Gasteiger partial charge in [-0.05, 0) is 19.1 Å². The van der Waals surface area contributed by atoms with Crippen molar-refractivity contribution in [3.8, 4) is 0 Å². The topological polar surface area (TPSA) is 72.2 Å². The van der Waals surface area contributed by atoms with Crippen LogP contribution in [0.2, 0.25) is 0 Å². The molecule has 74 valence electrons. The van der Waals surface area contributed by atoms with Crippen molar-refractivity contribution in [3.05, 3.63) is 0 Å². The molecule has 2 amide bonds. The summed E-state index contributed by atoms with van der Waals surface area (Å²) in [5.74, 6) is 0.520. The van der Waals surface area contributed by atoms with Crippen molar-refractivity contribution in [1.29, 1.82) is 0 Å². The zero-order valence-electron chi connectivity index (χ0n) is 7.58. The maximum Gasteiger partial charge on any atom is 0.240 e. The van der Waals surface area contributed by atoms with Gasteiger partial charge in [-0.1, -0.05) is 0 Å². The van der Waals surface area contributed by atoms with Crippen LogP contribution in [0.25, 0.3) is 0 Å². The number of nitrogens with one attached hydrogen (secondary N) is 1. The number of hydrogen-bond donors (Lipinski definition) is 2. The molecular formula is C8H14N2O2S. The molecule has 1 heterocycles. The van der Waals surface area contributed by atoms with Crippen molar-refractivity contribution in [1.82, 2.24) is 5.32 Å². The van der Waals surface area contributed by atoms with E-state index in [4.69, 9.17) is 5.73 Å². The summed E-state index contributed by atoms with van der Waals surface area (Å²) in [7, 11) is 0. The molecule has 2 atom stereocenters. The van der Waals surface area contributed by atoms with Crippen molar-refractivity contribution in [2.24, 2.45) is 5.73 Å². The SMILES string of the molecule is CC(N)CCSC1CC(=O)NC1=O. The Balaban J connectivity index is 2.22. The van der Waals surface area contributed by atoms with Gasteiger partial charge < -0.3 is 5.73 Å². The van der Waals surface area contributed by atoms with E-state index in [-0.39, 0.29) is 23.1 Å². The molecule has 1 aliphatic heterocycles. The van der Waals surface area contributed by atoms with Crippen LogP contribution in [0.15, 0.2) is 0 Å². The van der Waals surface area contributed by atoms with Gasteiger partial charge in [-0.15, -0.1) is 11.8 Å². The van der Waals surface area contributed by atoms with Crippen LogP contribution in [0, 0.1) is 0 Å². The lowest BCUT2D eigenvalue weighted by molar-refractivity contribution is -0.124. The van der Waals surface area contributed by atoms with Crippen molar-refractivity contribution >= 4 is 23.6 Å². The Bertz CT molecular complexity index is 218. The number of amides is 2. The molecule has 0 spiro atoms. The Morgan fingerprint density at radius 3 is 2.85 bits per heavy atom. The van der Waals surface area contributed by atoms with Gasteiger partial charge in [-0.3, -0.25) is 14.9 Å². The highest BCUT2D eigenvalue weighted by Crippen LogP contribution is 2.20. The van der Waals surface area contributed by atoms with Crippen LogP contribution in [0.1, 0.15) is 19.8 Å². The van der Waals surface area contributed by atoms with Crippen molar-refractivity contribution < 1.29 is 9.59 Å². The summed E-state index contributed by atoms with van der Waals surface area (Å²) in [6.45, 7) is 1.93. The van der Waals surface area contributed by atoms with E-state index in [1.54, 1.807) is 0 Å². The number of nitrogens with two attached hydrogens (primary N) is 1. The van der Waals surface area contributed by atoms with Crippen LogP contribution in [-0.2, 0) is 9.59 Å². The molecule has 1 saturated heterocycles. The first-order valence-electron chi connectivity index (χ1n) is 4.30. The molecule has 0 aromatic rings. The third kappa shape index (κ3) is 3.36. The molecule has 3 N–H and O–H groups in total. The van der Waals surface area contributed by atoms with Gasteiger partial charge in [0.2, 0.25) is 11.8 Å². The van der Waals surface area contributed by atoms with Crippen molar-refractivity contribution in [2.75, 3.05) is 5.75 Å². The predicted octanol–water partition coefficient (Wildman–Crippen LogP) is -0.128. The first kappa shape index (κ1) is 10.5. The third-order valence-corrected chi connectivity index (χ3v) is 3.07. The Morgan fingerprint density at radius 1 is 1.69 bits per heavy atom. The normalized spacial score (nSPS) is 24.6. The van der Waals surface area contributed by atoms with Crippen molar-refractivity contribution in [3.63, 3.8) is 0 Å². The molecule has 0 aliphatic carbocycles. The van der Waals surface area contributed by atoms with Gasteiger partial charge in [0, 0.05) is 12.5 Å². The zero-order chi connectivity index (χ0) is 9.84. The number of carbonyl (C=O) groups is 2. The molecule has 0 aromatic heterocycles. The highest BCUT2D eigenvalue weighted by Gasteiger charge is 2.30. The van der Waals surface area contributed by atoms with Gasteiger partial charge in [-0.2, -0.15) is 0 Å². The summed E-state index contributed by atoms with van der Waals surface area (Å²) < 4.78 is 0. The molecule has 1 aliphatic rings. The molecule has 0 saturated carbocycles. The molecule has 1 rings (SSSR count). The standard InChI is InChI=1S/C8H14N2O2S/c1-5(9)2-3-13-6-4-7(11)10-8(6)12/h5-6H,2-4,9H2,1H3,(H,10,11,12). The lowest BCUT2D eigenvalue weighted by Crippen LogP contribution is -2.23. The van der Waals surface area contributed by atoms with Gasteiger partial charge in [-0.25, -0.2) is 0 Å². The van der Waals surface area contributed by atoms with Crippen LogP contribution in [-0.4, -0.2) is 28.9 Å². The summed E-state index contributed by atoms with van der Waals surface area (Å²) >= 11 is 1.51. The van der Waals surface area contributed by atoms with E-state index in [0.29, 0.717) is 6.42 Å². The Morgan fingerprint density at radius 2 is 2.38 bits per heavy atom. The summed E-state index contributed by atoms with van der Waals surface area (Å²) in [6, 6.07) is 0.160. The van der Waals surface area contributed by atoms with E-state index < -0.39 is 0 Å². The van der Waals surface area contributed by atoms with Crippen LogP contribution in [0.4, 0.5) is 0 Å². The maximum absolute atomic E-state index is 11.1. The first-order valence-corrected chi connectivity index (χ1v) is 5.35. The minimum absolute atomic E-state index is 0.153. The molecule has 0 aromatic carbocycles. The second-order valence-electron chi connectivity index (χ2n) is 3.24. The fraction of sp³-hybridized carbons (Fsp3) is 0.750. The van der Waals surface area contributed by atoms with Gasteiger partial charge in [0.25, 0.3) is 0 Å². The van der Waals surface area contributed by atoms with Crippen LogP contribution >= 0.6 is 11.8 Å². The Kier molecular flexibility index (Phi) is 3.74. The second kappa shape index (κ2) is 4.62. The largest absolute Gasteiger partial charge is 0.328 e. The lowest BCUT2D eigenvalue weighted by Gasteiger charge is -2.07.